The fourth-order valence-corrected chi connectivity index (χ4v) is 3.27. The second kappa shape index (κ2) is 5.98. The summed E-state index contributed by atoms with van der Waals surface area (Å²) in [5.41, 5.74) is 3.55. The van der Waals surface area contributed by atoms with Gasteiger partial charge in [-0.2, -0.15) is 0 Å². The average Bonchev–Trinajstić information content (AvgIpc) is 2.44. The van der Waals surface area contributed by atoms with Gasteiger partial charge in [-0.3, -0.25) is 0 Å². The Balaban J connectivity index is 2.87. The van der Waals surface area contributed by atoms with E-state index in [1.807, 2.05) is 38.1 Å². The van der Waals surface area contributed by atoms with Gasteiger partial charge in [0.05, 0.1) is 14.2 Å². The molecule has 0 radical (unpaired) electrons. The minimum absolute atomic E-state index is 0.0826. The van der Waals surface area contributed by atoms with Crippen LogP contribution in [0.4, 0.5) is 0 Å². The van der Waals surface area contributed by atoms with E-state index in [2.05, 4.69) is 0 Å². The summed E-state index contributed by atoms with van der Waals surface area (Å²) < 4.78 is 34.2. The monoisotopic (exact) mass is 321 g/mol. The summed E-state index contributed by atoms with van der Waals surface area (Å²) >= 11 is 0. The lowest BCUT2D eigenvalue weighted by Gasteiger charge is -2.18. The summed E-state index contributed by atoms with van der Waals surface area (Å²) in [6.07, 6.45) is 0. The van der Waals surface area contributed by atoms with Gasteiger partial charge in [0.1, 0.15) is 4.90 Å². The number of sulfonamides is 1. The maximum Gasteiger partial charge on any atom is 0.241 e. The van der Waals surface area contributed by atoms with Crippen molar-refractivity contribution >= 4 is 10.0 Å². The van der Waals surface area contributed by atoms with Gasteiger partial charge in [-0.1, -0.05) is 29.8 Å². The Labute approximate surface area is 130 Å². The highest BCUT2D eigenvalue weighted by atomic mass is 32.2. The average molecular weight is 321 g/mol. The molecule has 2 aromatic carbocycles. The van der Waals surface area contributed by atoms with Crippen LogP contribution in [-0.4, -0.2) is 22.6 Å². The van der Waals surface area contributed by atoms with E-state index in [9.17, 15) is 8.42 Å². The van der Waals surface area contributed by atoms with Gasteiger partial charge in [-0.25, -0.2) is 13.6 Å². The Hall–Kier alpha value is -2.05. The lowest BCUT2D eigenvalue weighted by molar-refractivity contribution is 0.347. The predicted octanol–water partition coefficient (Wildman–Crippen LogP) is 2.64. The van der Waals surface area contributed by atoms with Crippen molar-refractivity contribution in [1.82, 2.24) is 0 Å². The van der Waals surface area contributed by atoms with Gasteiger partial charge >= 0.3 is 0 Å². The number of benzene rings is 2. The molecule has 22 heavy (non-hydrogen) atoms. The van der Waals surface area contributed by atoms with Crippen molar-refractivity contribution in [3.63, 3.8) is 0 Å². The normalized spacial score (nSPS) is 11.3. The minimum atomic E-state index is -3.91. The molecule has 0 aliphatic carbocycles. The molecule has 0 spiro atoms. The van der Waals surface area contributed by atoms with E-state index in [-0.39, 0.29) is 10.6 Å². The highest BCUT2D eigenvalue weighted by molar-refractivity contribution is 7.89. The quantitative estimate of drug-likeness (QED) is 0.939. The highest BCUT2D eigenvalue weighted by Crippen LogP contribution is 2.44. The molecule has 0 atom stereocenters. The van der Waals surface area contributed by atoms with Crippen molar-refractivity contribution in [3.05, 3.63) is 41.5 Å². The molecule has 2 aromatic rings. The lowest BCUT2D eigenvalue weighted by atomic mass is 9.97. The van der Waals surface area contributed by atoms with E-state index in [0.717, 1.165) is 22.3 Å². The third kappa shape index (κ3) is 2.93. The lowest BCUT2D eigenvalue weighted by Crippen LogP contribution is -2.14. The van der Waals surface area contributed by atoms with Gasteiger partial charge in [0.25, 0.3) is 0 Å². The molecule has 0 fully saturated rings. The van der Waals surface area contributed by atoms with Crippen LogP contribution in [0.15, 0.2) is 35.2 Å². The van der Waals surface area contributed by atoms with Gasteiger partial charge in [-0.05, 0) is 31.0 Å². The van der Waals surface area contributed by atoms with Crippen LogP contribution in [0, 0.1) is 13.8 Å². The third-order valence-electron chi connectivity index (χ3n) is 3.42. The molecule has 2 rings (SSSR count). The molecular formula is C16H19NO4S. The molecule has 0 aromatic heterocycles. The van der Waals surface area contributed by atoms with Crippen LogP contribution in [0.2, 0.25) is 0 Å². The van der Waals surface area contributed by atoms with Gasteiger partial charge in [-0.15, -0.1) is 0 Å². The van der Waals surface area contributed by atoms with Crippen molar-refractivity contribution in [3.8, 4) is 22.6 Å². The van der Waals surface area contributed by atoms with E-state index < -0.39 is 10.0 Å². The predicted molar refractivity (Wildman–Crippen MR) is 85.8 cm³/mol. The van der Waals surface area contributed by atoms with Crippen LogP contribution in [0.3, 0.4) is 0 Å². The van der Waals surface area contributed by atoms with Crippen molar-refractivity contribution in [2.45, 2.75) is 18.7 Å². The Morgan fingerprint density at radius 3 is 2.14 bits per heavy atom. The maximum absolute atomic E-state index is 11.8. The molecule has 0 amide bonds. The van der Waals surface area contributed by atoms with Gasteiger partial charge < -0.3 is 9.47 Å². The Morgan fingerprint density at radius 1 is 1.00 bits per heavy atom. The second-order valence-electron chi connectivity index (χ2n) is 5.05. The molecule has 0 aliphatic heterocycles. The smallest absolute Gasteiger partial charge is 0.241 e. The SMILES string of the molecule is COc1c(S(N)(=O)=O)cc(C)c(-c2cccc(C)c2)c1OC. The topological polar surface area (TPSA) is 78.6 Å². The summed E-state index contributed by atoms with van der Waals surface area (Å²) in [6.45, 7) is 3.80. The standard InChI is InChI=1S/C16H19NO4S/c1-10-6-5-7-12(8-10)14-11(2)9-13(22(17,18)19)15(20-3)16(14)21-4/h5-9H,1-4H3,(H2,17,18,19). The van der Waals surface area contributed by atoms with E-state index >= 15 is 0 Å². The van der Waals surface area contributed by atoms with Crippen molar-refractivity contribution in [1.29, 1.82) is 0 Å². The van der Waals surface area contributed by atoms with Crippen LogP contribution in [0.1, 0.15) is 11.1 Å². The van der Waals surface area contributed by atoms with Crippen LogP contribution in [0.5, 0.6) is 11.5 Å². The van der Waals surface area contributed by atoms with Crippen molar-refractivity contribution < 1.29 is 17.9 Å². The van der Waals surface area contributed by atoms with Crippen LogP contribution in [0.25, 0.3) is 11.1 Å². The third-order valence-corrected chi connectivity index (χ3v) is 4.34. The summed E-state index contributed by atoms with van der Waals surface area (Å²) in [5, 5.41) is 5.28. The largest absolute Gasteiger partial charge is 0.492 e. The van der Waals surface area contributed by atoms with Gasteiger partial charge in [0.2, 0.25) is 10.0 Å². The molecule has 118 valence electrons. The first-order valence-electron chi connectivity index (χ1n) is 6.65. The molecule has 5 nitrogen and oxygen atoms in total. The summed E-state index contributed by atoms with van der Waals surface area (Å²) in [6, 6.07) is 9.37. The van der Waals surface area contributed by atoms with E-state index in [1.165, 1.54) is 20.3 Å². The number of ether oxygens (including phenoxy) is 2. The second-order valence-corrected chi connectivity index (χ2v) is 6.58. The first-order valence-corrected chi connectivity index (χ1v) is 8.19. The number of rotatable bonds is 4. The number of methoxy groups -OCH3 is 2. The van der Waals surface area contributed by atoms with E-state index in [1.54, 1.807) is 0 Å². The fourth-order valence-electron chi connectivity index (χ4n) is 2.50. The highest BCUT2D eigenvalue weighted by Gasteiger charge is 2.24. The summed E-state index contributed by atoms with van der Waals surface area (Å²) in [4.78, 5) is -0.0826. The first kappa shape index (κ1) is 16.3. The molecule has 0 saturated carbocycles. The van der Waals surface area contributed by atoms with E-state index in [4.69, 9.17) is 14.6 Å². The number of nitrogens with two attached hydrogens (primary N) is 1. The maximum atomic E-state index is 11.8. The molecular weight excluding hydrogens is 302 g/mol. The van der Waals surface area contributed by atoms with Gasteiger partial charge in [0, 0.05) is 5.56 Å². The first-order chi connectivity index (χ1) is 10.3. The molecule has 0 unspecified atom stereocenters. The molecule has 6 heteroatoms. The fraction of sp³-hybridized carbons (Fsp3) is 0.250. The molecule has 0 aliphatic rings. The van der Waals surface area contributed by atoms with Crippen LogP contribution >= 0.6 is 0 Å². The van der Waals surface area contributed by atoms with Crippen molar-refractivity contribution in [2.75, 3.05) is 14.2 Å². The number of hydrogen-bond donors (Lipinski definition) is 1. The zero-order valence-electron chi connectivity index (χ0n) is 13.0. The zero-order chi connectivity index (χ0) is 16.5. The van der Waals surface area contributed by atoms with Crippen molar-refractivity contribution in [2.24, 2.45) is 5.14 Å². The Morgan fingerprint density at radius 2 is 1.64 bits per heavy atom. The van der Waals surface area contributed by atoms with E-state index in [0.29, 0.717) is 5.75 Å². The molecule has 2 N–H and O–H groups in total. The van der Waals surface area contributed by atoms with Gasteiger partial charge in [0.15, 0.2) is 11.5 Å². The Bertz CT molecular complexity index is 813. The Kier molecular flexibility index (Phi) is 4.44. The minimum Gasteiger partial charge on any atom is -0.492 e. The number of aryl methyl sites for hydroxylation is 2. The summed E-state index contributed by atoms with van der Waals surface area (Å²) in [5.74, 6) is 0.476. The van der Waals surface area contributed by atoms with Crippen LogP contribution < -0.4 is 14.6 Å². The molecule has 0 bridgehead atoms. The number of hydrogen-bond acceptors (Lipinski definition) is 4. The molecule has 0 saturated heterocycles. The molecule has 0 heterocycles. The zero-order valence-corrected chi connectivity index (χ0v) is 13.8. The summed E-state index contributed by atoms with van der Waals surface area (Å²) in [7, 11) is -1.05. The number of primary sulfonamides is 1. The van der Waals surface area contributed by atoms with Crippen LogP contribution in [-0.2, 0) is 10.0 Å².